The molecule has 0 spiro atoms. The van der Waals surface area contributed by atoms with Crippen molar-refractivity contribution in [3.05, 3.63) is 0 Å². The Morgan fingerprint density at radius 1 is 1.44 bits per heavy atom. The highest BCUT2D eigenvalue weighted by Crippen LogP contribution is 2.17. The molecule has 2 amide bonds. The normalized spacial score (nSPS) is 16.8. The summed E-state index contributed by atoms with van der Waals surface area (Å²) in [4.78, 5) is 12.7. The highest BCUT2D eigenvalue weighted by Gasteiger charge is 2.22. The van der Waals surface area contributed by atoms with Gasteiger partial charge in [0, 0.05) is 19.1 Å². The molecule has 16 heavy (non-hydrogen) atoms. The average molecular weight is 235 g/mol. The summed E-state index contributed by atoms with van der Waals surface area (Å²) in [6, 6.07) is -0.275. The molecule has 4 nitrogen and oxygen atoms in total. The fourth-order valence-corrected chi connectivity index (χ4v) is 1.93. The molecule has 1 saturated carbocycles. The van der Waals surface area contributed by atoms with Gasteiger partial charge in [0.15, 0.2) is 0 Å². The Bertz CT molecular complexity index is 220. The van der Waals surface area contributed by atoms with Crippen LogP contribution in [0.25, 0.3) is 0 Å². The molecule has 1 rings (SSSR count). The second-order valence-corrected chi connectivity index (χ2v) is 4.06. The van der Waals surface area contributed by atoms with Gasteiger partial charge in [-0.2, -0.15) is 0 Å². The zero-order chi connectivity index (χ0) is 12.0. The van der Waals surface area contributed by atoms with Crippen LogP contribution < -0.4 is 11.1 Å². The number of amides is 2. The fraction of sp³-hybridized carbons (Fsp3) is 0.900. The Hall–Kier alpha value is -0.910. The highest BCUT2D eigenvalue weighted by molar-refractivity contribution is 5.74. The van der Waals surface area contributed by atoms with E-state index in [1.807, 2.05) is 0 Å². The van der Waals surface area contributed by atoms with Crippen LogP contribution in [-0.2, 0) is 0 Å². The van der Waals surface area contributed by atoms with Gasteiger partial charge in [-0.1, -0.05) is 12.8 Å². The molecule has 94 valence electrons. The van der Waals surface area contributed by atoms with Crippen LogP contribution >= 0.6 is 0 Å². The monoisotopic (exact) mass is 235 g/mol. The summed E-state index contributed by atoms with van der Waals surface area (Å²) in [5.74, 6) is 0. The van der Waals surface area contributed by atoms with Crippen molar-refractivity contribution in [2.75, 3.05) is 19.6 Å². The standard InChI is InChI=1S/C10H19F2N3O/c11-9(12)7-15(6-5-13)10(16)14-8-3-1-2-4-8/h8-9H,1-7,13H2,(H,14,16). The lowest BCUT2D eigenvalue weighted by Crippen LogP contribution is -2.47. The van der Waals surface area contributed by atoms with E-state index in [1.54, 1.807) is 0 Å². The van der Waals surface area contributed by atoms with E-state index < -0.39 is 19.0 Å². The van der Waals surface area contributed by atoms with Crippen LogP contribution in [0.2, 0.25) is 0 Å². The molecule has 0 bridgehead atoms. The van der Waals surface area contributed by atoms with E-state index in [-0.39, 0.29) is 19.1 Å². The van der Waals surface area contributed by atoms with Gasteiger partial charge in [0.1, 0.15) is 0 Å². The minimum atomic E-state index is -2.51. The van der Waals surface area contributed by atoms with Crippen molar-refractivity contribution in [2.24, 2.45) is 5.73 Å². The van der Waals surface area contributed by atoms with E-state index in [0.717, 1.165) is 30.6 Å². The fourth-order valence-electron chi connectivity index (χ4n) is 1.93. The summed E-state index contributed by atoms with van der Waals surface area (Å²) in [5, 5.41) is 2.77. The largest absolute Gasteiger partial charge is 0.335 e. The zero-order valence-corrected chi connectivity index (χ0v) is 9.29. The van der Waals surface area contributed by atoms with Gasteiger partial charge >= 0.3 is 6.03 Å². The predicted octanol–water partition coefficient (Wildman–Crippen LogP) is 1.16. The van der Waals surface area contributed by atoms with E-state index in [9.17, 15) is 13.6 Å². The van der Waals surface area contributed by atoms with Crippen LogP contribution in [0.5, 0.6) is 0 Å². The first-order chi connectivity index (χ1) is 7.63. The van der Waals surface area contributed by atoms with Gasteiger partial charge in [-0.25, -0.2) is 13.6 Å². The Morgan fingerprint density at radius 2 is 2.06 bits per heavy atom. The number of hydrogen-bond acceptors (Lipinski definition) is 2. The maximum absolute atomic E-state index is 12.2. The predicted molar refractivity (Wildman–Crippen MR) is 57.4 cm³/mol. The quantitative estimate of drug-likeness (QED) is 0.751. The van der Waals surface area contributed by atoms with Gasteiger partial charge in [-0.15, -0.1) is 0 Å². The number of alkyl halides is 2. The number of urea groups is 1. The van der Waals surface area contributed by atoms with Gasteiger partial charge in [-0.05, 0) is 12.8 Å². The maximum atomic E-state index is 12.2. The highest BCUT2D eigenvalue weighted by atomic mass is 19.3. The summed E-state index contributed by atoms with van der Waals surface area (Å²) in [6.45, 7) is -0.177. The molecule has 0 heterocycles. The van der Waals surface area contributed by atoms with Crippen LogP contribution in [0.3, 0.4) is 0 Å². The minimum Gasteiger partial charge on any atom is -0.335 e. The lowest BCUT2D eigenvalue weighted by molar-refractivity contribution is 0.0986. The van der Waals surface area contributed by atoms with E-state index in [2.05, 4.69) is 5.32 Å². The smallest absolute Gasteiger partial charge is 0.317 e. The van der Waals surface area contributed by atoms with Crippen molar-refractivity contribution < 1.29 is 13.6 Å². The molecule has 1 fully saturated rings. The average Bonchev–Trinajstić information content (AvgIpc) is 2.69. The Labute approximate surface area is 94.2 Å². The van der Waals surface area contributed by atoms with Gasteiger partial charge in [0.2, 0.25) is 0 Å². The van der Waals surface area contributed by atoms with Crippen LogP contribution in [0.15, 0.2) is 0 Å². The SMILES string of the molecule is NCCN(CC(F)F)C(=O)NC1CCCC1. The first-order valence-corrected chi connectivity index (χ1v) is 5.67. The summed E-state index contributed by atoms with van der Waals surface area (Å²) in [7, 11) is 0. The number of nitrogens with one attached hydrogen (secondary N) is 1. The van der Waals surface area contributed by atoms with Crippen LogP contribution in [0.1, 0.15) is 25.7 Å². The first kappa shape index (κ1) is 13.2. The molecule has 0 atom stereocenters. The van der Waals surface area contributed by atoms with Crippen molar-refractivity contribution in [1.29, 1.82) is 0 Å². The van der Waals surface area contributed by atoms with E-state index in [0.29, 0.717) is 0 Å². The van der Waals surface area contributed by atoms with Gasteiger partial charge in [-0.3, -0.25) is 0 Å². The molecule has 1 aliphatic rings. The second kappa shape index (κ2) is 6.62. The molecule has 1 aliphatic carbocycles. The van der Waals surface area contributed by atoms with Crippen LogP contribution in [0, 0.1) is 0 Å². The lowest BCUT2D eigenvalue weighted by Gasteiger charge is -2.24. The second-order valence-electron chi connectivity index (χ2n) is 4.06. The number of carbonyl (C=O) groups is 1. The van der Waals surface area contributed by atoms with Gasteiger partial charge in [0.05, 0.1) is 6.54 Å². The summed E-state index contributed by atoms with van der Waals surface area (Å²) < 4.78 is 24.4. The molecule has 6 heteroatoms. The molecule has 0 saturated heterocycles. The summed E-state index contributed by atoms with van der Waals surface area (Å²) in [5.41, 5.74) is 5.28. The first-order valence-electron chi connectivity index (χ1n) is 5.67. The van der Waals surface area contributed by atoms with E-state index >= 15 is 0 Å². The molecule has 0 aromatic heterocycles. The number of hydrogen-bond donors (Lipinski definition) is 2. The Kier molecular flexibility index (Phi) is 5.45. The molecular formula is C10H19F2N3O. The number of nitrogens with zero attached hydrogens (tertiary/aromatic N) is 1. The number of carbonyl (C=O) groups excluding carboxylic acids is 1. The van der Waals surface area contributed by atoms with E-state index in [4.69, 9.17) is 5.73 Å². The zero-order valence-electron chi connectivity index (χ0n) is 9.29. The number of rotatable bonds is 5. The topological polar surface area (TPSA) is 58.4 Å². The van der Waals surface area contributed by atoms with Crippen molar-refractivity contribution >= 4 is 6.03 Å². The van der Waals surface area contributed by atoms with Gasteiger partial charge < -0.3 is 16.0 Å². The van der Waals surface area contributed by atoms with E-state index in [1.165, 1.54) is 0 Å². The molecule has 0 aromatic rings. The van der Waals surface area contributed by atoms with Gasteiger partial charge in [0.25, 0.3) is 6.43 Å². The summed E-state index contributed by atoms with van der Waals surface area (Å²) >= 11 is 0. The molecule has 0 aliphatic heterocycles. The number of nitrogens with two attached hydrogens (primary N) is 1. The lowest BCUT2D eigenvalue weighted by atomic mass is 10.2. The molecular weight excluding hydrogens is 216 g/mol. The maximum Gasteiger partial charge on any atom is 0.317 e. The third kappa shape index (κ3) is 4.30. The van der Waals surface area contributed by atoms with Crippen molar-refractivity contribution in [3.63, 3.8) is 0 Å². The van der Waals surface area contributed by atoms with Crippen LogP contribution in [0.4, 0.5) is 13.6 Å². The summed E-state index contributed by atoms with van der Waals surface area (Å²) in [6.07, 6.45) is 1.56. The molecule has 0 unspecified atom stereocenters. The van der Waals surface area contributed by atoms with Crippen molar-refractivity contribution in [2.45, 2.75) is 38.2 Å². The third-order valence-electron chi connectivity index (χ3n) is 2.73. The molecule has 0 aromatic carbocycles. The Balaban J connectivity index is 2.39. The molecule has 3 N–H and O–H groups in total. The Morgan fingerprint density at radius 3 is 2.56 bits per heavy atom. The van der Waals surface area contributed by atoms with Crippen molar-refractivity contribution in [3.8, 4) is 0 Å². The van der Waals surface area contributed by atoms with Crippen molar-refractivity contribution in [1.82, 2.24) is 10.2 Å². The third-order valence-corrected chi connectivity index (χ3v) is 2.73. The van der Waals surface area contributed by atoms with Crippen LogP contribution in [-0.4, -0.2) is 43.0 Å². The number of halogens is 2. The minimum absolute atomic E-state index is 0.144. The molecule has 0 radical (unpaired) electrons.